The van der Waals surface area contributed by atoms with E-state index < -0.39 is 0 Å². The Kier molecular flexibility index (Phi) is 5.42. The molecule has 0 aromatic rings. The van der Waals surface area contributed by atoms with E-state index in [4.69, 9.17) is 0 Å². The first-order valence-electron chi connectivity index (χ1n) is 7.75. The fourth-order valence-electron chi connectivity index (χ4n) is 3.38. The second kappa shape index (κ2) is 6.85. The van der Waals surface area contributed by atoms with E-state index >= 15 is 0 Å². The highest BCUT2D eigenvalue weighted by molar-refractivity contribution is 4.97. The van der Waals surface area contributed by atoms with E-state index in [1.165, 1.54) is 38.8 Å². The van der Waals surface area contributed by atoms with Gasteiger partial charge in [-0.1, -0.05) is 26.7 Å². The number of piperazine rings is 2. The van der Waals surface area contributed by atoms with Crippen molar-refractivity contribution in [2.24, 2.45) is 0 Å². The molecule has 3 N–H and O–H groups in total. The largest absolute Gasteiger partial charge is 0.314 e. The van der Waals surface area contributed by atoms with Crippen LogP contribution in [0.4, 0.5) is 0 Å². The Morgan fingerprint density at radius 1 is 1.17 bits per heavy atom. The molecule has 0 aliphatic carbocycles. The predicted octanol–water partition coefficient (Wildman–Crippen LogP) is 0.750. The zero-order chi connectivity index (χ0) is 12.8. The van der Waals surface area contributed by atoms with Gasteiger partial charge in [-0.05, 0) is 12.8 Å². The van der Waals surface area contributed by atoms with Crippen LogP contribution in [0.5, 0.6) is 0 Å². The van der Waals surface area contributed by atoms with Gasteiger partial charge in [0.05, 0.1) is 5.66 Å². The van der Waals surface area contributed by atoms with Crippen LogP contribution in [0, 0.1) is 0 Å². The SMILES string of the molecule is CCCC1CNC(CCC)(N2CCNCC2)CN1. The monoisotopic (exact) mass is 254 g/mol. The second-order valence-corrected chi connectivity index (χ2v) is 5.77. The number of nitrogens with one attached hydrogen (secondary N) is 3. The highest BCUT2D eigenvalue weighted by Crippen LogP contribution is 2.22. The molecule has 4 nitrogen and oxygen atoms in total. The number of hydrogen-bond donors (Lipinski definition) is 3. The fraction of sp³-hybridized carbons (Fsp3) is 1.00. The molecule has 0 radical (unpaired) electrons. The first-order valence-corrected chi connectivity index (χ1v) is 7.75. The third kappa shape index (κ3) is 3.23. The third-order valence-corrected chi connectivity index (χ3v) is 4.38. The van der Waals surface area contributed by atoms with Crippen LogP contribution in [-0.2, 0) is 0 Å². The number of nitrogens with zero attached hydrogens (tertiary/aromatic N) is 1. The first kappa shape index (κ1) is 14.3. The fourth-order valence-corrected chi connectivity index (χ4v) is 3.38. The lowest BCUT2D eigenvalue weighted by molar-refractivity contribution is 0.0128. The minimum absolute atomic E-state index is 0.209. The van der Waals surface area contributed by atoms with Crippen LogP contribution in [0.25, 0.3) is 0 Å². The molecule has 2 rings (SSSR count). The molecule has 2 unspecified atom stereocenters. The molecule has 106 valence electrons. The number of rotatable bonds is 5. The molecule has 4 heteroatoms. The van der Waals surface area contributed by atoms with E-state index in [2.05, 4.69) is 34.7 Å². The van der Waals surface area contributed by atoms with E-state index in [1.54, 1.807) is 0 Å². The zero-order valence-electron chi connectivity index (χ0n) is 12.1. The molecule has 2 fully saturated rings. The minimum atomic E-state index is 0.209. The lowest BCUT2D eigenvalue weighted by atomic mass is 9.95. The van der Waals surface area contributed by atoms with Gasteiger partial charge in [0.25, 0.3) is 0 Å². The molecule has 2 aliphatic heterocycles. The van der Waals surface area contributed by atoms with Crippen molar-refractivity contribution in [2.45, 2.75) is 51.2 Å². The molecule has 18 heavy (non-hydrogen) atoms. The minimum Gasteiger partial charge on any atom is -0.314 e. The predicted molar refractivity (Wildman–Crippen MR) is 76.8 cm³/mol. The van der Waals surface area contributed by atoms with E-state index in [-0.39, 0.29) is 5.66 Å². The Balaban J connectivity index is 1.95. The van der Waals surface area contributed by atoms with Gasteiger partial charge < -0.3 is 10.6 Å². The van der Waals surface area contributed by atoms with Crippen LogP contribution >= 0.6 is 0 Å². The van der Waals surface area contributed by atoms with Crippen LogP contribution in [0.2, 0.25) is 0 Å². The average molecular weight is 254 g/mol. The Labute approximate surface area is 112 Å². The molecule has 0 aromatic heterocycles. The highest BCUT2D eigenvalue weighted by atomic mass is 15.4. The van der Waals surface area contributed by atoms with Gasteiger partial charge >= 0.3 is 0 Å². The van der Waals surface area contributed by atoms with Crippen LogP contribution in [0.15, 0.2) is 0 Å². The van der Waals surface area contributed by atoms with Gasteiger partial charge in [-0.2, -0.15) is 0 Å². The van der Waals surface area contributed by atoms with E-state index in [0.29, 0.717) is 6.04 Å². The van der Waals surface area contributed by atoms with Crippen LogP contribution in [0.3, 0.4) is 0 Å². The Morgan fingerprint density at radius 3 is 2.50 bits per heavy atom. The van der Waals surface area contributed by atoms with Gasteiger partial charge in [-0.3, -0.25) is 10.2 Å². The molecular formula is C14H30N4. The van der Waals surface area contributed by atoms with Gasteiger partial charge in [0.1, 0.15) is 0 Å². The second-order valence-electron chi connectivity index (χ2n) is 5.77. The number of hydrogen-bond acceptors (Lipinski definition) is 4. The van der Waals surface area contributed by atoms with Crippen molar-refractivity contribution in [2.75, 3.05) is 39.3 Å². The molecule has 0 spiro atoms. The summed E-state index contributed by atoms with van der Waals surface area (Å²) in [6.07, 6.45) is 5.06. The average Bonchev–Trinajstić information content (AvgIpc) is 2.43. The summed E-state index contributed by atoms with van der Waals surface area (Å²) in [7, 11) is 0. The summed E-state index contributed by atoms with van der Waals surface area (Å²) in [6.45, 7) is 11.4. The molecular weight excluding hydrogens is 224 g/mol. The Bertz CT molecular complexity index is 230. The van der Waals surface area contributed by atoms with E-state index in [9.17, 15) is 0 Å². The van der Waals surface area contributed by atoms with Crippen molar-refractivity contribution in [3.8, 4) is 0 Å². The lowest BCUT2D eigenvalue weighted by Gasteiger charge is -2.50. The maximum atomic E-state index is 3.87. The van der Waals surface area contributed by atoms with Crippen molar-refractivity contribution < 1.29 is 0 Å². The topological polar surface area (TPSA) is 39.3 Å². The normalized spacial score (nSPS) is 34.7. The van der Waals surface area contributed by atoms with Gasteiger partial charge in [-0.25, -0.2) is 0 Å². The molecule has 2 atom stereocenters. The van der Waals surface area contributed by atoms with Gasteiger partial charge in [0.2, 0.25) is 0 Å². The lowest BCUT2D eigenvalue weighted by Crippen LogP contribution is -2.72. The Hall–Kier alpha value is -0.160. The summed E-state index contributed by atoms with van der Waals surface area (Å²) in [4.78, 5) is 2.65. The smallest absolute Gasteiger partial charge is 0.0842 e. The third-order valence-electron chi connectivity index (χ3n) is 4.38. The summed E-state index contributed by atoms with van der Waals surface area (Å²) < 4.78 is 0. The van der Waals surface area contributed by atoms with Crippen molar-refractivity contribution in [3.63, 3.8) is 0 Å². The molecule has 0 aromatic carbocycles. The van der Waals surface area contributed by atoms with Crippen LogP contribution in [-0.4, -0.2) is 55.9 Å². The van der Waals surface area contributed by atoms with Gasteiger partial charge in [0.15, 0.2) is 0 Å². The summed E-state index contributed by atoms with van der Waals surface area (Å²) in [6, 6.07) is 0.669. The quantitative estimate of drug-likeness (QED) is 0.677. The standard InChI is InChI=1S/C14H30N4/c1-3-5-13-11-17-14(6-4-2,12-16-13)18-9-7-15-8-10-18/h13,15-17H,3-12H2,1-2H3. The van der Waals surface area contributed by atoms with Crippen molar-refractivity contribution in [3.05, 3.63) is 0 Å². The Morgan fingerprint density at radius 2 is 1.94 bits per heavy atom. The zero-order valence-corrected chi connectivity index (χ0v) is 12.1. The molecule has 2 heterocycles. The molecule has 0 bridgehead atoms. The van der Waals surface area contributed by atoms with E-state index in [1.807, 2.05) is 0 Å². The van der Waals surface area contributed by atoms with Crippen LogP contribution in [0.1, 0.15) is 39.5 Å². The van der Waals surface area contributed by atoms with E-state index in [0.717, 1.165) is 26.2 Å². The highest BCUT2D eigenvalue weighted by Gasteiger charge is 2.39. The molecule has 0 saturated carbocycles. The maximum absolute atomic E-state index is 3.87. The van der Waals surface area contributed by atoms with Gasteiger partial charge in [0, 0.05) is 45.3 Å². The molecule has 0 amide bonds. The summed E-state index contributed by atoms with van der Waals surface area (Å²) in [5, 5.41) is 11.1. The summed E-state index contributed by atoms with van der Waals surface area (Å²) in [5.41, 5.74) is 0.209. The van der Waals surface area contributed by atoms with Crippen LogP contribution < -0.4 is 16.0 Å². The summed E-state index contributed by atoms with van der Waals surface area (Å²) in [5.74, 6) is 0. The van der Waals surface area contributed by atoms with Crippen molar-refractivity contribution in [1.29, 1.82) is 0 Å². The molecule has 2 aliphatic rings. The van der Waals surface area contributed by atoms with Crippen molar-refractivity contribution >= 4 is 0 Å². The summed E-state index contributed by atoms with van der Waals surface area (Å²) >= 11 is 0. The van der Waals surface area contributed by atoms with Gasteiger partial charge in [-0.15, -0.1) is 0 Å². The maximum Gasteiger partial charge on any atom is 0.0842 e. The van der Waals surface area contributed by atoms with Crippen molar-refractivity contribution in [1.82, 2.24) is 20.9 Å². The first-order chi connectivity index (χ1) is 8.80. The molecule has 2 saturated heterocycles.